The Morgan fingerprint density at radius 3 is 1.69 bits per heavy atom. The van der Waals surface area contributed by atoms with E-state index < -0.39 is 15.8 Å². The van der Waals surface area contributed by atoms with Crippen molar-refractivity contribution in [3.05, 3.63) is 108 Å². The molecule has 4 heterocycles. The van der Waals surface area contributed by atoms with Crippen LogP contribution in [0, 0.1) is 20.2 Å². The topological polar surface area (TPSA) is 257 Å². The maximum absolute atomic E-state index is 12.5. The largest absolute Gasteiger partial charge is 0.478 e. The first kappa shape index (κ1) is 57.2. The van der Waals surface area contributed by atoms with Crippen molar-refractivity contribution in [2.45, 2.75) is 105 Å². The first-order valence-electron chi connectivity index (χ1n) is 24.4. The number of carbonyl (C=O) groups excluding carboxylic acids is 2. The third-order valence-corrected chi connectivity index (χ3v) is 11.5. The van der Waals surface area contributed by atoms with Crippen molar-refractivity contribution in [2.24, 2.45) is 0 Å². The molecule has 4 aromatic rings. The Hall–Kier alpha value is -6.35. The molecule has 0 atom stereocenters. The fraction of sp³-hybridized carbons (Fsp3) is 0.520. The van der Waals surface area contributed by atoms with E-state index in [2.05, 4.69) is 61.5 Å². The second-order valence-corrected chi connectivity index (χ2v) is 17.4. The summed E-state index contributed by atoms with van der Waals surface area (Å²) < 4.78 is 21.0. The molecule has 21 heteroatoms. The number of esters is 2. The predicted molar refractivity (Wildman–Crippen MR) is 274 cm³/mol. The summed E-state index contributed by atoms with van der Waals surface area (Å²) in [6.07, 6.45) is 8.65. The Labute approximate surface area is 421 Å². The van der Waals surface area contributed by atoms with Gasteiger partial charge in [0.2, 0.25) is 23.4 Å². The average Bonchev–Trinajstić information content (AvgIpc) is 4.04. The number of nitro groups is 2. The number of hydrogen-bond acceptors (Lipinski definition) is 18. The summed E-state index contributed by atoms with van der Waals surface area (Å²) in [7, 11) is 0. The highest BCUT2D eigenvalue weighted by Gasteiger charge is 2.28. The molecule has 0 bridgehead atoms. The highest BCUT2D eigenvalue weighted by Crippen LogP contribution is 2.37. The van der Waals surface area contributed by atoms with E-state index in [1.165, 1.54) is 62.0 Å². The fourth-order valence-corrected chi connectivity index (χ4v) is 8.07. The zero-order chi connectivity index (χ0) is 51.5. The van der Waals surface area contributed by atoms with Crippen LogP contribution < -0.4 is 31.2 Å². The molecule has 0 saturated carbocycles. The Kier molecular flexibility index (Phi) is 25.1. The number of nitrogens with two attached hydrogens (primary N) is 2. The van der Waals surface area contributed by atoms with Gasteiger partial charge in [0.05, 0.1) is 42.8 Å². The molecule has 6 rings (SSSR count). The van der Waals surface area contributed by atoms with Gasteiger partial charge in [-0.2, -0.15) is 9.97 Å². The van der Waals surface area contributed by atoms with Gasteiger partial charge >= 0.3 is 23.3 Å². The van der Waals surface area contributed by atoms with E-state index in [-0.39, 0.29) is 77.7 Å². The molecule has 20 nitrogen and oxygen atoms in total. The molecule has 2 aromatic carbocycles. The summed E-state index contributed by atoms with van der Waals surface area (Å²) >= 11 is 5.70. The lowest BCUT2D eigenvalue weighted by molar-refractivity contribution is -0.384. The zero-order valence-electron chi connectivity index (χ0n) is 41.6. The van der Waals surface area contributed by atoms with Crippen LogP contribution in [0.3, 0.4) is 0 Å². The molecule has 0 unspecified atom stereocenters. The van der Waals surface area contributed by atoms with Crippen LogP contribution in [0.15, 0.2) is 60.7 Å². The van der Waals surface area contributed by atoms with Crippen LogP contribution in [0.4, 0.5) is 28.7 Å². The molecular weight excluding hydrogens is 936 g/mol. The van der Waals surface area contributed by atoms with Crippen molar-refractivity contribution in [1.82, 2.24) is 25.1 Å². The van der Waals surface area contributed by atoms with E-state index in [0.717, 1.165) is 63.0 Å². The number of nitrogens with one attached hydrogen (secondary N) is 1. The maximum atomic E-state index is 12.5. The number of unbranched alkanes of at least 4 members (excludes halogenated alkanes) is 2. The third-order valence-electron chi connectivity index (χ3n) is 11.2. The van der Waals surface area contributed by atoms with Crippen molar-refractivity contribution in [1.29, 1.82) is 0 Å². The van der Waals surface area contributed by atoms with Crippen LogP contribution >= 0.6 is 11.6 Å². The number of nitrogen functional groups attached to an aromatic ring is 2. The number of pyridine rings is 2. The van der Waals surface area contributed by atoms with E-state index in [1.54, 1.807) is 11.8 Å². The number of hydrogen-bond donors (Lipinski definition) is 3. The lowest BCUT2D eigenvalue weighted by Gasteiger charge is -2.25. The van der Waals surface area contributed by atoms with Crippen molar-refractivity contribution < 1.29 is 38.4 Å². The summed E-state index contributed by atoms with van der Waals surface area (Å²) in [5, 5.41) is 25.6. The minimum absolute atomic E-state index is 0.0657. The van der Waals surface area contributed by atoms with Gasteiger partial charge in [-0.1, -0.05) is 86.8 Å². The van der Waals surface area contributed by atoms with E-state index in [4.69, 9.17) is 42.0 Å². The van der Waals surface area contributed by atoms with Crippen molar-refractivity contribution in [3.8, 4) is 11.8 Å². The SMILES string of the molecule is CCCCOc1cc(Cl)c([N+](=O)[O-])c(N)n1.CCCCOc1cc(N(CC(=O)OCC)Cc2cccc(CN3CCCC3)c2)c([N+](=O)[O-])c(N)n1.CCOC(=O)CNCc1cccc(CN2CCCC2)c1. The monoisotopic (exact) mass is 1010 g/mol. The van der Waals surface area contributed by atoms with Crippen LogP contribution in [0.2, 0.25) is 5.02 Å². The van der Waals surface area contributed by atoms with Crippen LogP contribution in [0.25, 0.3) is 0 Å². The van der Waals surface area contributed by atoms with Crippen molar-refractivity contribution in [2.75, 3.05) is 82.1 Å². The predicted octanol–water partition coefficient (Wildman–Crippen LogP) is 8.26. The summed E-state index contributed by atoms with van der Waals surface area (Å²) in [6.45, 7) is 16.7. The maximum Gasteiger partial charge on any atom is 0.334 e. The van der Waals surface area contributed by atoms with Gasteiger partial charge in [0.1, 0.15) is 17.3 Å². The van der Waals surface area contributed by atoms with Crippen LogP contribution in [0.5, 0.6) is 11.8 Å². The number of rotatable bonds is 25. The molecule has 388 valence electrons. The van der Waals surface area contributed by atoms with Gasteiger partial charge in [-0.05, 0) is 101 Å². The van der Waals surface area contributed by atoms with E-state index in [0.29, 0.717) is 26.4 Å². The number of ether oxygens (including phenoxy) is 4. The standard InChI is InChI=1S/C25H35N5O5.C16H24N2O2.C9H12ClN3O3/c1-3-5-13-35-22-15-21(24(30(32)33)25(26)27-22)29(18-23(31)34-4-2)17-20-10-8-9-19(14-20)16-28-11-6-7-12-28;1-2-20-16(19)12-17-11-14-6-5-7-15(10-14)13-18-8-3-4-9-18;1-2-3-4-16-7-5-6(10)8(13(14)15)9(11)12-7/h8-10,14-15H,3-7,11-13,16-18H2,1-2H3,(H2,26,27);5-7,10,17H,2-4,8-9,11-13H2,1H3;5H,2-4H2,1H3,(H2,11,12). The summed E-state index contributed by atoms with van der Waals surface area (Å²) in [6, 6.07) is 19.4. The van der Waals surface area contributed by atoms with Crippen molar-refractivity contribution in [3.63, 3.8) is 0 Å². The lowest BCUT2D eigenvalue weighted by Crippen LogP contribution is -2.31. The third kappa shape index (κ3) is 20.1. The Morgan fingerprint density at radius 1 is 0.704 bits per heavy atom. The number of likely N-dealkylation sites (tertiary alicyclic amines) is 2. The van der Waals surface area contributed by atoms with Crippen LogP contribution in [0.1, 0.15) is 101 Å². The molecule has 71 heavy (non-hydrogen) atoms. The summed E-state index contributed by atoms with van der Waals surface area (Å²) in [4.78, 5) is 59.3. The van der Waals surface area contributed by atoms with Gasteiger partial charge in [-0.3, -0.25) is 39.6 Å². The molecule has 2 saturated heterocycles. The highest BCUT2D eigenvalue weighted by molar-refractivity contribution is 6.33. The molecule has 0 aliphatic carbocycles. The second-order valence-electron chi connectivity index (χ2n) is 17.0. The van der Waals surface area contributed by atoms with Gasteiger partial charge < -0.3 is 40.6 Å². The van der Waals surface area contributed by atoms with Crippen molar-refractivity contribution >= 4 is 52.2 Å². The molecule has 5 N–H and O–H groups in total. The molecule has 0 spiro atoms. The quantitative estimate of drug-likeness (QED) is 0.0244. The van der Waals surface area contributed by atoms with Crippen LogP contribution in [-0.2, 0) is 45.2 Å². The average molecular weight is 1010 g/mol. The molecule has 0 radical (unpaired) electrons. The van der Waals surface area contributed by atoms with Gasteiger partial charge in [-0.25, -0.2) is 0 Å². The van der Waals surface area contributed by atoms with E-state index in [9.17, 15) is 29.8 Å². The first-order chi connectivity index (χ1) is 34.2. The Bertz CT molecular complexity index is 2290. The zero-order valence-corrected chi connectivity index (χ0v) is 42.3. The van der Waals surface area contributed by atoms with Gasteiger partial charge in [0.25, 0.3) is 0 Å². The van der Waals surface area contributed by atoms with Gasteiger partial charge in [0.15, 0.2) is 0 Å². The summed E-state index contributed by atoms with van der Waals surface area (Å²) in [5.74, 6) is -0.769. The minimum Gasteiger partial charge on any atom is -0.478 e. The Morgan fingerprint density at radius 2 is 1.18 bits per heavy atom. The number of benzene rings is 2. The van der Waals surface area contributed by atoms with Gasteiger partial charge in [0, 0.05) is 38.3 Å². The van der Waals surface area contributed by atoms with E-state index >= 15 is 0 Å². The molecule has 2 aliphatic heterocycles. The number of anilines is 3. The van der Waals surface area contributed by atoms with E-state index in [1.807, 2.05) is 32.9 Å². The number of halogens is 1. The molecule has 2 fully saturated rings. The smallest absolute Gasteiger partial charge is 0.334 e. The minimum atomic E-state index is -0.666. The highest BCUT2D eigenvalue weighted by atomic mass is 35.5. The molecular formula is C50H71ClN10O10. The number of nitrogens with zero attached hydrogens (tertiary/aromatic N) is 7. The number of carbonyl (C=O) groups is 2. The first-order valence-corrected chi connectivity index (χ1v) is 24.8. The number of aromatic nitrogens is 2. The molecule has 2 aliphatic rings. The molecule has 2 aromatic heterocycles. The normalized spacial score (nSPS) is 13.3. The Balaban J connectivity index is 0.000000256. The van der Waals surface area contributed by atoms with Crippen LogP contribution in [-0.4, -0.2) is 107 Å². The fourth-order valence-electron chi connectivity index (χ4n) is 7.81. The summed E-state index contributed by atoms with van der Waals surface area (Å²) in [5.41, 5.74) is 15.5. The lowest BCUT2D eigenvalue weighted by atomic mass is 10.1. The van der Waals surface area contributed by atoms with Gasteiger partial charge in [-0.15, -0.1) is 0 Å². The second kappa shape index (κ2) is 31.1. The molecule has 0 amide bonds.